The Morgan fingerprint density at radius 3 is 0.848 bits per heavy atom. The molecule has 0 fully saturated rings. The zero-order chi connectivity index (χ0) is 56.0. The van der Waals surface area contributed by atoms with Crippen LogP contribution in [0.2, 0.25) is 0 Å². The van der Waals surface area contributed by atoms with Gasteiger partial charge in [0, 0.05) is 17.1 Å². The van der Waals surface area contributed by atoms with Gasteiger partial charge in [0.05, 0.1) is 26.3 Å². The van der Waals surface area contributed by atoms with E-state index in [9.17, 15) is 39.6 Å². The zero-order valence-corrected chi connectivity index (χ0v) is 41.5. The molecule has 13 heteroatoms. The molecule has 8 rings (SSSR count). The van der Waals surface area contributed by atoms with E-state index in [-0.39, 0.29) is 0 Å². The number of anilines is 3. The van der Waals surface area contributed by atoms with E-state index in [1.807, 2.05) is 127 Å². The van der Waals surface area contributed by atoms with Gasteiger partial charge in [-0.2, -0.15) is 0 Å². The summed E-state index contributed by atoms with van der Waals surface area (Å²) in [4.78, 5) is 60.9. The summed E-state index contributed by atoms with van der Waals surface area (Å²) in [6, 6.07) is 58.7. The number of hydrogen-bond acceptors (Lipinski definition) is 5. The lowest BCUT2D eigenvalue weighted by atomic mass is 9.94. The summed E-state index contributed by atoms with van der Waals surface area (Å²) < 4.78 is 0. The smallest absolute Gasteiger partial charge is 0.333 e. The van der Waals surface area contributed by atoms with Crippen molar-refractivity contribution < 1.29 is 39.6 Å². The molecule has 378 valence electrons. The van der Waals surface area contributed by atoms with Gasteiger partial charge in [0.2, 0.25) is 0 Å². The summed E-state index contributed by atoms with van der Waals surface area (Å²) in [5, 5.41) is 39.9. The Labute approximate surface area is 454 Å². The highest BCUT2D eigenvalue weighted by atomic mass is 16.4. The number of carboxylic acid groups (broad SMARTS) is 4. The fourth-order valence-electron chi connectivity index (χ4n) is 8.44. The second kappa shape index (κ2) is 24.4. The number of carboxylic acids is 4. The topological polar surface area (TPSA) is 170 Å². The molecule has 0 heterocycles. The predicted octanol–water partition coefficient (Wildman–Crippen LogP) is 14.9. The Bertz CT molecular complexity index is 3660. The minimum Gasteiger partial charge on any atom is -0.486 e. The number of aliphatic carboxylic acids is 4. The summed E-state index contributed by atoms with van der Waals surface area (Å²) >= 11 is 0. The van der Waals surface area contributed by atoms with Crippen molar-refractivity contribution in [2.45, 2.75) is 0 Å². The monoisotopic (exact) mass is 1030 g/mol. The van der Waals surface area contributed by atoms with E-state index in [0.29, 0.717) is 22.3 Å². The molecule has 0 saturated heterocycles. The van der Waals surface area contributed by atoms with Crippen molar-refractivity contribution in [2.24, 2.45) is 0 Å². The van der Waals surface area contributed by atoms with Crippen molar-refractivity contribution in [3.8, 4) is 0 Å². The largest absolute Gasteiger partial charge is 0.486 e. The average molecular weight is 1030 g/mol. The first kappa shape index (κ1) is 53.4. The highest BCUT2D eigenvalue weighted by Crippen LogP contribution is 2.38. The standard InChI is InChI=1S/C66H41N5O8/c1-67-59(63(72)73)37-44-9-21-49(22-10-44)57(50-23-11-45(12-24-50)38-60(68-2)64(74)75)35-42-17-30-54(31-18-42)71(56-34-29-48-7-5-6-8-53(48)41-56)55-32-19-43(20-33-55)36-58(51-25-13-46(14-26-51)39-61(69-3)65(76)77)52-27-15-47(16-28-52)40-62(70-4)66(78)79/h5-41H,(H,72,73)(H,74,75)(H,76,77)(H,78,79)/b59-37-,60-38-,61-39-,62-40-. The Kier molecular flexibility index (Phi) is 16.5. The van der Waals surface area contributed by atoms with Crippen LogP contribution in [0.4, 0.5) is 17.1 Å². The molecular formula is C66H41N5O8. The molecule has 79 heavy (non-hydrogen) atoms. The molecular weight excluding hydrogens is 991 g/mol. The summed E-state index contributed by atoms with van der Waals surface area (Å²) in [6.07, 6.45) is 9.18. The zero-order valence-electron chi connectivity index (χ0n) is 41.5. The SMILES string of the molecule is [C-]#[N+]/C(=C\c1ccc(C(=Cc2ccc(N(c3ccc(C=C(c4ccc(/C=C(\[N+]#[C-])C(=O)O)cc4)c4ccc(/C=C(\[N+]#[C-])C(=O)O)cc4)cc3)c3ccc4ccccc4c3)cc2)c2ccc(/C=C(\[N+]#[C-])C(=O)O)cc2)cc1)C(=O)O. The molecule has 0 bridgehead atoms. The molecule has 0 radical (unpaired) electrons. The van der Waals surface area contributed by atoms with Crippen molar-refractivity contribution in [2.75, 3.05) is 4.90 Å². The Balaban J connectivity index is 1.19. The average Bonchev–Trinajstić information content (AvgIpc) is 3.48. The molecule has 0 spiro atoms. The molecule has 0 saturated carbocycles. The third-order valence-electron chi connectivity index (χ3n) is 12.4. The van der Waals surface area contributed by atoms with Gasteiger partial charge in [0.1, 0.15) is 0 Å². The van der Waals surface area contributed by atoms with E-state index in [1.54, 1.807) is 48.5 Å². The van der Waals surface area contributed by atoms with Crippen LogP contribution in [-0.2, 0) is 19.2 Å². The van der Waals surface area contributed by atoms with Crippen molar-refractivity contribution in [1.82, 2.24) is 0 Å². The Morgan fingerprint density at radius 1 is 0.316 bits per heavy atom. The number of carbonyl (C=O) groups is 4. The minimum absolute atomic E-state index is 0.425. The van der Waals surface area contributed by atoms with Crippen molar-refractivity contribution in [3.63, 3.8) is 0 Å². The van der Waals surface area contributed by atoms with Crippen molar-refractivity contribution in [1.29, 1.82) is 0 Å². The van der Waals surface area contributed by atoms with Crippen LogP contribution in [0.5, 0.6) is 0 Å². The van der Waals surface area contributed by atoms with Crippen LogP contribution in [0.3, 0.4) is 0 Å². The van der Waals surface area contributed by atoms with Crippen LogP contribution in [-0.4, -0.2) is 44.3 Å². The van der Waals surface area contributed by atoms with Gasteiger partial charge in [-0.3, -0.25) is 19.2 Å². The lowest BCUT2D eigenvalue weighted by Crippen LogP contribution is -2.09. The van der Waals surface area contributed by atoms with E-state index in [2.05, 4.69) is 48.5 Å². The van der Waals surface area contributed by atoms with E-state index >= 15 is 0 Å². The van der Waals surface area contributed by atoms with Gasteiger partial charge in [-0.25, -0.2) is 19.4 Å². The molecule has 8 aromatic rings. The molecule has 4 N–H and O–H groups in total. The maximum Gasteiger partial charge on any atom is 0.333 e. The molecule has 0 atom stereocenters. The highest BCUT2D eigenvalue weighted by molar-refractivity contribution is 5.99. The Hall–Kier alpha value is -11.9. The Morgan fingerprint density at radius 2 is 0.570 bits per heavy atom. The number of fused-ring (bicyclic) bond motifs is 1. The number of nitrogens with zero attached hydrogens (tertiary/aromatic N) is 5. The normalized spacial score (nSPS) is 11.4. The highest BCUT2D eigenvalue weighted by Gasteiger charge is 2.17. The first-order valence-electron chi connectivity index (χ1n) is 23.9. The summed E-state index contributed by atoms with van der Waals surface area (Å²) in [5.74, 6) is -5.33. The summed E-state index contributed by atoms with van der Waals surface area (Å²) in [7, 11) is 0. The molecule has 0 aliphatic carbocycles. The maximum atomic E-state index is 11.6. The van der Waals surface area contributed by atoms with Crippen LogP contribution in [0.25, 0.3) is 77.8 Å². The number of benzene rings is 8. The van der Waals surface area contributed by atoms with Crippen LogP contribution in [0.15, 0.2) is 211 Å². The van der Waals surface area contributed by atoms with Gasteiger partial charge in [0.15, 0.2) is 0 Å². The molecule has 0 unspecified atom stereocenters. The molecule has 13 nitrogen and oxygen atoms in total. The van der Waals surface area contributed by atoms with Crippen LogP contribution >= 0.6 is 0 Å². The number of hydrogen-bond donors (Lipinski definition) is 4. The van der Waals surface area contributed by atoms with Crippen molar-refractivity contribution >= 4 is 99.3 Å². The first-order chi connectivity index (χ1) is 38.2. The van der Waals surface area contributed by atoms with E-state index < -0.39 is 46.7 Å². The lowest BCUT2D eigenvalue weighted by molar-refractivity contribution is -0.133. The third-order valence-corrected chi connectivity index (χ3v) is 12.4. The second-order valence-corrected chi connectivity index (χ2v) is 17.4. The molecule has 8 aromatic carbocycles. The molecule has 0 aliphatic heterocycles. The van der Waals surface area contributed by atoms with Crippen LogP contribution in [0.1, 0.15) is 55.6 Å². The fourth-order valence-corrected chi connectivity index (χ4v) is 8.44. The van der Waals surface area contributed by atoms with Crippen LogP contribution < -0.4 is 4.90 Å². The van der Waals surface area contributed by atoms with Gasteiger partial charge in [-0.05, 0) is 150 Å². The fraction of sp³-hybridized carbons (Fsp3) is 0. The van der Waals surface area contributed by atoms with Gasteiger partial charge in [-0.1, -0.05) is 152 Å². The predicted molar refractivity (Wildman–Crippen MR) is 307 cm³/mol. The van der Waals surface area contributed by atoms with Gasteiger partial charge in [0.25, 0.3) is 22.8 Å². The van der Waals surface area contributed by atoms with E-state index in [0.717, 1.165) is 72.4 Å². The summed E-state index contributed by atoms with van der Waals surface area (Å²) in [5.41, 5.74) is 9.24. The lowest BCUT2D eigenvalue weighted by Gasteiger charge is -2.26. The number of rotatable bonds is 17. The molecule has 0 aromatic heterocycles. The quantitative estimate of drug-likeness (QED) is 0.0394. The van der Waals surface area contributed by atoms with Crippen LogP contribution in [0, 0.1) is 26.3 Å². The molecule has 0 aliphatic rings. The van der Waals surface area contributed by atoms with E-state index in [4.69, 9.17) is 26.3 Å². The molecule has 0 amide bonds. The minimum atomic E-state index is -1.33. The summed E-state index contributed by atoms with van der Waals surface area (Å²) in [6.45, 7) is 29.1. The van der Waals surface area contributed by atoms with Gasteiger partial charge >= 0.3 is 23.9 Å². The van der Waals surface area contributed by atoms with Gasteiger partial charge in [-0.15, -0.1) is 0 Å². The second-order valence-electron chi connectivity index (χ2n) is 17.4. The maximum absolute atomic E-state index is 11.6. The third kappa shape index (κ3) is 13.1. The first-order valence-corrected chi connectivity index (χ1v) is 23.9. The van der Waals surface area contributed by atoms with E-state index in [1.165, 1.54) is 24.3 Å². The van der Waals surface area contributed by atoms with Gasteiger partial charge < -0.3 is 25.3 Å². The van der Waals surface area contributed by atoms with Crippen molar-refractivity contribution in [3.05, 3.63) is 312 Å².